The highest BCUT2D eigenvalue weighted by Crippen LogP contribution is 2.24. The average Bonchev–Trinajstić information content (AvgIpc) is 2.54. The van der Waals surface area contributed by atoms with Crippen molar-refractivity contribution in [2.75, 3.05) is 21.2 Å². The fourth-order valence-electron chi connectivity index (χ4n) is 2.97. The van der Waals surface area contributed by atoms with Crippen LogP contribution in [0.2, 0.25) is 0 Å². The van der Waals surface area contributed by atoms with Crippen molar-refractivity contribution in [3.63, 3.8) is 0 Å². The third-order valence-electron chi connectivity index (χ3n) is 4.02. The van der Waals surface area contributed by atoms with E-state index in [1.54, 1.807) is 43.3 Å². The molecule has 0 radical (unpaired) electrons. The average molecular weight is 404 g/mol. The fraction of sp³-hybridized carbons (Fsp3) is 0.300. The van der Waals surface area contributed by atoms with Gasteiger partial charge >= 0.3 is 0 Å². The number of hydrogen-bond acceptors (Lipinski definition) is 4. The predicted molar refractivity (Wildman–Crippen MR) is 112 cm³/mol. The second-order valence-corrected chi connectivity index (χ2v) is 8.69. The molecule has 2 amide bonds. The molecule has 0 aliphatic rings. The Morgan fingerprint density at radius 3 is 1.82 bits per heavy atom. The number of aryl methyl sites for hydroxylation is 2. The summed E-state index contributed by atoms with van der Waals surface area (Å²) < 4.78 is 25.9. The molecule has 0 unspecified atom stereocenters. The molecular weight excluding hydrogens is 378 g/mol. The summed E-state index contributed by atoms with van der Waals surface area (Å²) in [7, 11) is -3.68. The second kappa shape index (κ2) is 8.43. The molecule has 0 saturated carbocycles. The fourth-order valence-corrected chi connectivity index (χ4v) is 4.13. The van der Waals surface area contributed by atoms with E-state index in [4.69, 9.17) is 0 Å². The van der Waals surface area contributed by atoms with E-state index in [1.165, 1.54) is 6.92 Å². The minimum absolute atomic E-state index is 0.192. The number of carbonyl (C=O) groups is 2. The summed E-state index contributed by atoms with van der Waals surface area (Å²) in [4.78, 5) is 23.8. The molecule has 28 heavy (non-hydrogen) atoms. The van der Waals surface area contributed by atoms with E-state index in [0.29, 0.717) is 17.1 Å². The highest BCUT2D eigenvalue weighted by molar-refractivity contribution is 7.92. The molecule has 0 aliphatic carbocycles. The Hall–Kier alpha value is -2.87. The molecule has 0 saturated heterocycles. The van der Waals surface area contributed by atoms with Gasteiger partial charge in [0.1, 0.15) is 6.04 Å². The van der Waals surface area contributed by atoms with Crippen LogP contribution in [-0.2, 0) is 19.6 Å². The quantitative estimate of drug-likeness (QED) is 0.775. The van der Waals surface area contributed by atoms with Gasteiger partial charge in [-0.1, -0.05) is 6.07 Å². The van der Waals surface area contributed by atoms with E-state index < -0.39 is 22.0 Å². The standard InChI is InChI=1S/C20H25N3O4S/c1-13-10-14(2)12-19(11-13)23(28(5,26)27)15(3)20(25)22-18-8-6-17(7-9-18)21-16(4)24/h6-12,15H,1-5H3,(H,21,24)(H,22,25)/t15-/m0/s1. The van der Waals surface area contributed by atoms with E-state index in [9.17, 15) is 18.0 Å². The number of rotatable bonds is 6. The van der Waals surface area contributed by atoms with Gasteiger partial charge in [0.2, 0.25) is 21.8 Å². The van der Waals surface area contributed by atoms with Crippen LogP contribution in [0.5, 0.6) is 0 Å². The number of carbonyl (C=O) groups excluding carboxylic acids is 2. The van der Waals surface area contributed by atoms with Crippen molar-refractivity contribution in [3.05, 3.63) is 53.6 Å². The Balaban J connectivity index is 2.25. The molecule has 2 aromatic carbocycles. The van der Waals surface area contributed by atoms with E-state index in [0.717, 1.165) is 21.7 Å². The first-order valence-electron chi connectivity index (χ1n) is 8.73. The van der Waals surface area contributed by atoms with Gasteiger partial charge in [0.25, 0.3) is 0 Å². The van der Waals surface area contributed by atoms with Crippen molar-refractivity contribution in [3.8, 4) is 0 Å². The molecule has 0 heterocycles. The Morgan fingerprint density at radius 1 is 0.929 bits per heavy atom. The van der Waals surface area contributed by atoms with Gasteiger partial charge in [0, 0.05) is 18.3 Å². The number of nitrogens with one attached hydrogen (secondary N) is 2. The lowest BCUT2D eigenvalue weighted by atomic mass is 10.1. The van der Waals surface area contributed by atoms with Gasteiger partial charge in [-0.25, -0.2) is 8.42 Å². The van der Waals surface area contributed by atoms with E-state index in [-0.39, 0.29) is 5.91 Å². The third kappa shape index (κ3) is 5.56. The molecular formula is C20H25N3O4S. The number of amides is 2. The number of hydrogen-bond donors (Lipinski definition) is 2. The van der Waals surface area contributed by atoms with Crippen molar-refractivity contribution in [2.45, 2.75) is 33.7 Å². The van der Waals surface area contributed by atoms with Crippen LogP contribution >= 0.6 is 0 Å². The lowest BCUT2D eigenvalue weighted by molar-refractivity contribution is -0.117. The predicted octanol–water partition coefficient (Wildman–Crippen LogP) is 3.06. The molecule has 0 spiro atoms. The van der Waals surface area contributed by atoms with Gasteiger partial charge in [0.15, 0.2) is 0 Å². The SMILES string of the molecule is CC(=O)Nc1ccc(NC(=O)[C@H](C)N(c2cc(C)cc(C)c2)S(C)(=O)=O)cc1. The summed E-state index contributed by atoms with van der Waals surface area (Å²) in [6, 6.07) is 11.0. The van der Waals surface area contributed by atoms with Gasteiger partial charge in [-0.2, -0.15) is 0 Å². The zero-order valence-electron chi connectivity index (χ0n) is 16.6. The number of sulfonamides is 1. The number of nitrogens with zero attached hydrogens (tertiary/aromatic N) is 1. The molecule has 8 heteroatoms. The molecule has 0 bridgehead atoms. The largest absolute Gasteiger partial charge is 0.326 e. The summed E-state index contributed by atoms with van der Waals surface area (Å²) in [6.07, 6.45) is 1.08. The maximum absolute atomic E-state index is 12.7. The maximum atomic E-state index is 12.7. The van der Waals surface area contributed by atoms with Crippen LogP contribution in [0.15, 0.2) is 42.5 Å². The molecule has 0 aliphatic heterocycles. The molecule has 2 aromatic rings. The van der Waals surface area contributed by atoms with Crippen LogP contribution < -0.4 is 14.9 Å². The van der Waals surface area contributed by atoms with Crippen molar-refractivity contribution in [2.24, 2.45) is 0 Å². The summed E-state index contributed by atoms with van der Waals surface area (Å²) in [6.45, 7) is 6.69. The molecule has 2 rings (SSSR count). The number of anilines is 3. The maximum Gasteiger partial charge on any atom is 0.247 e. The Bertz CT molecular complexity index is 965. The first-order chi connectivity index (χ1) is 13.0. The molecule has 2 N–H and O–H groups in total. The molecule has 150 valence electrons. The third-order valence-corrected chi connectivity index (χ3v) is 5.26. The van der Waals surface area contributed by atoms with Gasteiger partial charge in [-0.05, 0) is 68.3 Å². The van der Waals surface area contributed by atoms with Crippen LogP contribution in [0.25, 0.3) is 0 Å². The summed E-state index contributed by atoms with van der Waals surface area (Å²) in [5.41, 5.74) is 3.37. The van der Waals surface area contributed by atoms with Crippen LogP contribution in [0, 0.1) is 13.8 Å². The lowest BCUT2D eigenvalue weighted by Crippen LogP contribution is -2.45. The van der Waals surface area contributed by atoms with Crippen LogP contribution in [-0.4, -0.2) is 32.5 Å². The Morgan fingerprint density at radius 2 is 1.39 bits per heavy atom. The van der Waals surface area contributed by atoms with Crippen LogP contribution in [0.1, 0.15) is 25.0 Å². The topological polar surface area (TPSA) is 95.6 Å². The van der Waals surface area contributed by atoms with Gasteiger partial charge < -0.3 is 10.6 Å². The van der Waals surface area contributed by atoms with E-state index in [2.05, 4.69) is 10.6 Å². The normalized spacial score (nSPS) is 12.2. The molecule has 0 aromatic heterocycles. The molecule has 0 fully saturated rings. The van der Waals surface area contributed by atoms with E-state index in [1.807, 2.05) is 19.9 Å². The summed E-state index contributed by atoms with van der Waals surface area (Å²) in [5.74, 6) is -0.653. The second-order valence-electron chi connectivity index (χ2n) is 6.83. The number of benzene rings is 2. The first-order valence-corrected chi connectivity index (χ1v) is 10.6. The molecule has 1 atom stereocenters. The Labute approximate surface area is 165 Å². The summed E-state index contributed by atoms with van der Waals surface area (Å²) in [5, 5.41) is 5.36. The van der Waals surface area contributed by atoms with E-state index >= 15 is 0 Å². The van der Waals surface area contributed by atoms with Gasteiger partial charge in [0.05, 0.1) is 11.9 Å². The summed E-state index contributed by atoms with van der Waals surface area (Å²) >= 11 is 0. The lowest BCUT2D eigenvalue weighted by Gasteiger charge is -2.28. The van der Waals surface area contributed by atoms with Crippen molar-refractivity contribution < 1.29 is 18.0 Å². The Kier molecular flexibility index (Phi) is 6.45. The van der Waals surface area contributed by atoms with Crippen molar-refractivity contribution >= 4 is 38.9 Å². The molecule has 7 nitrogen and oxygen atoms in total. The highest BCUT2D eigenvalue weighted by Gasteiger charge is 2.29. The highest BCUT2D eigenvalue weighted by atomic mass is 32.2. The van der Waals surface area contributed by atoms with Gasteiger partial charge in [-0.3, -0.25) is 13.9 Å². The first kappa shape index (κ1) is 21.4. The minimum atomic E-state index is -3.68. The van der Waals surface area contributed by atoms with Gasteiger partial charge in [-0.15, -0.1) is 0 Å². The smallest absolute Gasteiger partial charge is 0.247 e. The zero-order valence-corrected chi connectivity index (χ0v) is 17.4. The minimum Gasteiger partial charge on any atom is -0.326 e. The van der Waals surface area contributed by atoms with Crippen LogP contribution in [0.4, 0.5) is 17.1 Å². The van der Waals surface area contributed by atoms with Crippen molar-refractivity contribution in [1.29, 1.82) is 0 Å². The van der Waals surface area contributed by atoms with Crippen LogP contribution in [0.3, 0.4) is 0 Å². The van der Waals surface area contributed by atoms with Crippen molar-refractivity contribution in [1.82, 2.24) is 0 Å². The monoisotopic (exact) mass is 403 g/mol. The zero-order chi connectivity index (χ0) is 21.1.